The molecular formula is C14H20N2O3. The second-order valence-corrected chi connectivity index (χ2v) is 5.12. The lowest BCUT2D eigenvalue weighted by Gasteiger charge is -2.36. The van der Waals surface area contributed by atoms with Crippen LogP contribution >= 0.6 is 0 Å². The van der Waals surface area contributed by atoms with Crippen molar-refractivity contribution < 1.29 is 15.0 Å². The van der Waals surface area contributed by atoms with E-state index in [0.717, 1.165) is 6.42 Å². The Labute approximate surface area is 112 Å². The van der Waals surface area contributed by atoms with Gasteiger partial charge in [-0.1, -0.05) is 6.92 Å². The molecule has 104 valence electrons. The number of benzene rings is 1. The predicted molar refractivity (Wildman–Crippen MR) is 72.3 cm³/mol. The number of carbonyl (C=O) groups is 1. The van der Waals surface area contributed by atoms with Crippen LogP contribution in [0.15, 0.2) is 18.2 Å². The summed E-state index contributed by atoms with van der Waals surface area (Å²) in [5.41, 5.74) is 0.408. The van der Waals surface area contributed by atoms with Gasteiger partial charge in [0, 0.05) is 24.7 Å². The first-order chi connectivity index (χ1) is 9.02. The third-order valence-electron chi connectivity index (χ3n) is 3.79. The van der Waals surface area contributed by atoms with Gasteiger partial charge in [-0.05, 0) is 37.6 Å². The zero-order valence-electron chi connectivity index (χ0n) is 11.3. The first kappa shape index (κ1) is 13.7. The van der Waals surface area contributed by atoms with Gasteiger partial charge in [-0.2, -0.15) is 0 Å². The summed E-state index contributed by atoms with van der Waals surface area (Å²) < 4.78 is 0. The number of amides is 1. The van der Waals surface area contributed by atoms with Crippen molar-refractivity contribution in [2.45, 2.75) is 19.4 Å². The number of nitrogens with one attached hydrogen (secondary N) is 1. The number of piperidine rings is 1. The van der Waals surface area contributed by atoms with Gasteiger partial charge in [-0.15, -0.1) is 0 Å². The van der Waals surface area contributed by atoms with Crippen molar-refractivity contribution in [2.75, 3.05) is 20.1 Å². The van der Waals surface area contributed by atoms with Crippen LogP contribution in [0.1, 0.15) is 23.7 Å². The summed E-state index contributed by atoms with van der Waals surface area (Å²) in [6.07, 6.45) is 0.924. The molecular weight excluding hydrogens is 244 g/mol. The monoisotopic (exact) mass is 264 g/mol. The zero-order valence-corrected chi connectivity index (χ0v) is 11.3. The smallest absolute Gasteiger partial charge is 0.254 e. The number of carbonyl (C=O) groups excluding carboxylic acids is 1. The Bertz CT molecular complexity index is 476. The molecule has 1 fully saturated rings. The van der Waals surface area contributed by atoms with Crippen molar-refractivity contribution in [1.29, 1.82) is 0 Å². The quantitative estimate of drug-likeness (QED) is 0.701. The summed E-state index contributed by atoms with van der Waals surface area (Å²) in [6.45, 7) is 3.52. The van der Waals surface area contributed by atoms with Crippen LogP contribution in [0.3, 0.4) is 0 Å². The van der Waals surface area contributed by atoms with Gasteiger partial charge in [0.05, 0.1) is 0 Å². The molecule has 0 aromatic heterocycles. The standard InChI is InChI=1S/C14H20N2O3/c1-9-8-16(6-5-11(9)15-2)14(19)10-3-4-12(17)13(18)7-10/h3-4,7,9,11,15,17-18H,5-6,8H2,1-2H3. The minimum atomic E-state index is -0.260. The molecule has 5 heteroatoms. The fourth-order valence-electron chi connectivity index (χ4n) is 2.60. The van der Waals surface area contributed by atoms with Crippen molar-refractivity contribution >= 4 is 5.91 Å². The molecule has 1 aromatic carbocycles. The number of phenolic OH excluding ortho intramolecular Hbond substituents is 2. The summed E-state index contributed by atoms with van der Waals surface area (Å²) in [6, 6.07) is 4.63. The second-order valence-electron chi connectivity index (χ2n) is 5.12. The van der Waals surface area contributed by atoms with E-state index in [9.17, 15) is 15.0 Å². The highest BCUT2D eigenvalue weighted by Crippen LogP contribution is 2.26. The molecule has 0 bridgehead atoms. The first-order valence-electron chi connectivity index (χ1n) is 6.51. The minimum Gasteiger partial charge on any atom is -0.504 e. The molecule has 1 aliphatic rings. The summed E-state index contributed by atoms with van der Waals surface area (Å²) in [5, 5.41) is 22.0. The van der Waals surface area contributed by atoms with Crippen LogP contribution in [-0.2, 0) is 0 Å². The highest BCUT2D eigenvalue weighted by atomic mass is 16.3. The van der Waals surface area contributed by atoms with Gasteiger partial charge < -0.3 is 20.4 Å². The largest absolute Gasteiger partial charge is 0.504 e. The Hall–Kier alpha value is -1.75. The Kier molecular flexibility index (Phi) is 3.95. The predicted octanol–water partition coefficient (Wildman–Crippen LogP) is 1.17. The van der Waals surface area contributed by atoms with Crippen LogP contribution in [0.25, 0.3) is 0 Å². The zero-order chi connectivity index (χ0) is 14.0. The number of likely N-dealkylation sites (tertiary alicyclic amines) is 1. The highest BCUT2D eigenvalue weighted by Gasteiger charge is 2.28. The molecule has 0 spiro atoms. The fourth-order valence-corrected chi connectivity index (χ4v) is 2.60. The number of aromatic hydroxyl groups is 2. The van der Waals surface area contributed by atoms with Crippen molar-refractivity contribution in [2.24, 2.45) is 5.92 Å². The molecule has 1 saturated heterocycles. The lowest BCUT2D eigenvalue weighted by Crippen LogP contribution is -2.49. The molecule has 0 radical (unpaired) electrons. The Morgan fingerprint density at radius 1 is 1.37 bits per heavy atom. The van der Waals surface area contributed by atoms with E-state index in [0.29, 0.717) is 30.6 Å². The van der Waals surface area contributed by atoms with Crippen LogP contribution in [0, 0.1) is 5.92 Å². The van der Waals surface area contributed by atoms with E-state index < -0.39 is 0 Å². The van der Waals surface area contributed by atoms with E-state index in [4.69, 9.17) is 0 Å². The Balaban J connectivity index is 2.10. The number of hydrogen-bond donors (Lipinski definition) is 3. The number of rotatable bonds is 2. The van der Waals surface area contributed by atoms with E-state index in [-0.39, 0.29) is 17.4 Å². The average Bonchev–Trinajstić information content (AvgIpc) is 2.41. The maximum atomic E-state index is 12.3. The van der Waals surface area contributed by atoms with Gasteiger partial charge in [0.25, 0.3) is 5.91 Å². The van der Waals surface area contributed by atoms with Gasteiger partial charge in [0.2, 0.25) is 0 Å². The van der Waals surface area contributed by atoms with E-state index >= 15 is 0 Å². The lowest BCUT2D eigenvalue weighted by molar-refractivity contribution is 0.0649. The molecule has 1 aromatic rings. The summed E-state index contributed by atoms with van der Waals surface area (Å²) >= 11 is 0. The summed E-state index contributed by atoms with van der Waals surface area (Å²) in [5.74, 6) is -0.173. The first-order valence-corrected chi connectivity index (χ1v) is 6.51. The summed E-state index contributed by atoms with van der Waals surface area (Å²) in [7, 11) is 1.94. The highest BCUT2D eigenvalue weighted by molar-refractivity contribution is 5.95. The third kappa shape index (κ3) is 2.81. The van der Waals surface area contributed by atoms with Gasteiger partial charge in [0.1, 0.15) is 0 Å². The topological polar surface area (TPSA) is 72.8 Å². The molecule has 19 heavy (non-hydrogen) atoms. The minimum absolute atomic E-state index is 0.100. The molecule has 1 amide bonds. The second kappa shape index (κ2) is 5.48. The molecule has 1 aliphatic heterocycles. The van der Waals surface area contributed by atoms with E-state index in [1.54, 1.807) is 4.90 Å². The SMILES string of the molecule is CNC1CCN(C(=O)c2ccc(O)c(O)c2)CC1C. The Morgan fingerprint density at radius 2 is 2.11 bits per heavy atom. The van der Waals surface area contributed by atoms with Gasteiger partial charge >= 0.3 is 0 Å². The number of nitrogens with zero attached hydrogens (tertiary/aromatic N) is 1. The molecule has 5 nitrogen and oxygen atoms in total. The van der Waals surface area contributed by atoms with Crippen LogP contribution in [0.4, 0.5) is 0 Å². The van der Waals surface area contributed by atoms with E-state index in [1.807, 2.05) is 7.05 Å². The van der Waals surface area contributed by atoms with Gasteiger partial charge in [-0.3, -0.25) is 4.79 Å². The molecule has 0 saturated carbocycles. The van der Waals surface area contributed by atoms with Crippen molar-refractivity contribution in [1.82, 2.24) is 10.2 Å². The fraction of sp³-hybridized carbons (Fsp3) is 0.500. The molecule has 2 atom stereocenters. The Morgan fingerprint density at radius 3 is 2.68 bits per heavy atom. The van der Waals surface area contributed by atoms with Crippen molar-refractivity contribution in [3.8, 4) is 11.5 Å². The van der Waals surface area contributed by atoms with Crippen molar-refractivity contribution in [3.63, 3.8) is 0 Å². The maximum Gasteiger partial charge on any atom is 0.254 e. The molecule has 1 heterocycles. The lowest BCUT2D eigenvalue weighted by atomic mass is 9.93. The maximum absolute atomic E-state index is 12.3. The van der Waals surface area contributed by atoms with E-state index in [2.05, 4.69) is 12.2 Å². The normalized spacial score (nSPS) is 23.4. The van der Waals surface area contributed by atoms with Crippen LogP contribution in [-0.4, -0.2) is 47.2 Å². The van der Waals surface area contributed by atoms with Crippen LogP contribution in [0.2, 0.25) is 0 Å². The van der Waals surface area contributed by atoms with Gasteiger partial charge in [-0.25, -0.2) is 0 Å². The van der Waals surface area contributed by atoms with E-state index in [1.165, 1.54) is 18.2 Å². The number of phenols is 2. The molecule has 0 aliphatic carbocycles. The third-order valence-corrected chi connectivity index (χ3v) is 3.79. The molecule has 2 rings (SSSR count). The van der Waals surface area contributed by atoms with Gasteiger partial charge in [0.15, 0.2) is 11.5 Å². The van der Waals surface area contributed by atoms with Crippen molar-refractivity contribution in [3.05, 3.63) is 23.8 Å². The molecule has 3 N–H and O–H groups in total. The number of hydrogen-bond acceptors (Lipinski definition) is 4. The average molecular weight is 264 g/mol. The molecule has 2 unspecified atom stereocenters. The summed E-state index contributed by atoms with van der Waals surface area (Å²) in [4.78, 5) is 14.1. The van der Waals surface area contributed by atoms with Crippen LogP contribution in [0.5, 0.6) is 11.5 Å². The van der Waals surface area contributed by atoms with Crippen LogP contribution < -0.4 is 5.32 Å².